The average Bonchev–Trinajstić information content (AvgIpc) is 2.22. The summed E-state index contributed by atoms with van der Waals surface area (Å²) in [6.07, 6.45) is 0.486. The van der Waals surface area contributed by atoms with Gasteiger partial charge in [-0.25, -0.2) is 4.79 Å². The summed E-state index contributed by atoms with van der Waals surface area (Å²) in [4.78, 5) is 22.6. The number of carbonyl (C=O) groups excluding carboxylic acids is 2. The molecular weight excluding hydrogens is 196 g/mol. The van der Waals surface area contributed by atoms with Crippen molar-refractivity contribution < 1.29 is 14.3 Å². The lowest BCUT2D eigenvalue weighted by Crippen LogP contribution is -2.43. The van der Waals surface area contributed by atoms with Crippen molar-refractivity contribution in [3.63, 3.8) is 0 Å². The van der Waals surface area contributed by atoms with Crippen molar-refractivity contribution in [1.82, 2.24) is 5.32 Å². The van der Waals surface area contributed by atoms with Gasteiger partial charge in [0.05, 0.1) is 13.2 Å². The zero-order chi connectivity index (χ0) is 11.8. The van der Waals surface area contributed by atoms with Gasteiger partial charge in [0.2, 0.25) is 5.91 Å². The SMILES string of the molecule is COC(=O)[C@@H](CCC#N)NC(=O)C(C)C. The van der Waals surface area contributed by atoms with Crippen LogP contribution < -0.4 is 5.32 Å². The Morgan fingerprint density at radius 1 is 1.47 bits per heavy atom. The number of esters is 1. The van der Waals surface area contributed by atoms with E-state index in [2.05, 4.69) is 10.1 Å². The van der Waals surface area contributed by atoms with Gasteiger partial charge in [0.25, 0.3) is 0 Å². The molecule has 0 fully saturated rings. The van der Waals surface area contributed by atoms with Crippen LogP contribution in [0.3, 0.4) is 0 Å². The highest BCUT2D eigenvalue weighted by Crippen LogP contribution is 2.01. The fourth-order valence-electron chi connectivity index (χ4n) is 0.938. The molecule has 0 aliphatic carbocycles. The highest BCUT2D eigenvalue weighted by molar-refractivity contribution is 5.85. The molecule has 84 valence electrons. The minimum atomic E-state index is -0.718. The van der Waals surface area contributed by atoms with Crippen molar-refractivity contribution in [3.05, 3.63) is 0 Å². The summed E-state index contributed by atoms with van der Waals surface area (Å²) in [5, 5.41) is 10.9. The van der Waals surface area contributed by atoms with Gasteiger partial charge in [0.15, 0.2) is 0 Å². The third-order valence-corrected chi connectivity index (χ3v) is 1.87. The minimum absolute atomic E-state index is 0.195. The quantitative estimate of drug-likeness (QED) is 0.677. The van der Waals surface area contributed by atoms with Crippen LogP contribution in [-0.4, -0.2) is 25.0 Å². The van der Waals surface area contributed by atoms with Gasteiger partial charge in [-0.05, 0) is 6.42 Å². The van der Waals surface area contributed by atoms with Crippen LogP contribution in [0.1, 0.15) is 26.7 Å². The van der Waals surface area contributed by atoms with Crippen LogP contribution in [0, 0.1) is 17.2 Å². The third-order valence-electron chi connectivity index (χ3n) is 1.87. The van der Waals surface area contributed by atoms with E-state index in [1.54, 1.807) is 13.8 Å². The molecule has 0 saturated carbocycles. The van der Waals surface area contributed by atoms with E-state index in [4.69, 9.17) is 5.26 Å². The van der Waals surface area contributed by atoms with Gasteiger partial charge in [-0.1, -0.05) is 13.8 Å². The molecule has 5 nitrogen and oxygen atoms in total. The Hall–Kier alpha value is -1.57. The molecule has 0 aromatic rings. The lowest BCUT2D eigenvalue weighted by atomic mass is 10.1. The molecule has 15 heavy (non-hydrogen) atoms. The summed E-state index contributed by atoms with van der Waals surface area (Å²) in [5.74, 6) is -0.929. The van der Waals surface area contributed by atoms with E-state index in [-0.39, 0.29) is 24.7 Å². The molecule has 1 amide bonds. The van der Waals surface area contributed by atoms with E-state index in [0.717, 1.165) is 0 Å². The van der Waals surface area contributed by atoms with Crippen molar-refractivity contribution in [1.29, 1.82) is 5.26 Å². The molecule has 0 aromatic heterocycles. The summed E-state index contributed by atoms with van der Waals surface area (Å²) >= 11 is 0. The highest BCUT2D eigenvalue weighted by Gasteiger charge is 2.21. The van der Waals surface area contributed by atoms with Crippen LogP contribution in [0.2, 0.25) is 0 Å². The van der Waals surface area contributed by atoms with E-state index >= 15 is 0 Å². The number of methoxy groups -OCH3 is 1. The van der Waals surface area contributed by atoms with Crippen LogP contribution in [-0.2, 0) is 14.3 Å². The van der Waals surface area contributed by atoms with Crippen molar-refractivity contribution in [2.24, 2.45) is 5.92 Å². The number of hydrogen-bond donors (Lipinski definition) is 1. The van der Waals surface area contributed by atoms with E-state index < -0.39 is 12.0 Å². The Bertz CT molecular complexity index is 268. The topological polar surface area (TPSA) is 79.2 Å². The maximum absolute atomic E-state index is 11.3. The van der Waals surface area contributed by atoms with E-state index in [1.165, 1.54) is 7.11 Å². The smallest absolute Gasteiger partial charge is 0.328 e. The second-order valence-electron chi connectivity index (χ2n) is 3.44. The number of nitrogens with one attached hydrogen (secondary N) is 1. The van der Waals surface area contributed by atoms with Crippen molar-refractivity contribution in [2.45, 2.75) is 32.7 Å². The largest absolute Gasteiger partial charge is 0.467 e. The molecule has 0 saturated heterocycles. The fourth-order valence-corrected chi connectivity index (χ4v) is 0.938. The van der Waals surface area contributed by atoms with Gasteiger partial charge in [0.1, 0.15) is 6.04 Å². The molecule has 0 aromatic carbocycles. The van der Waals surface area contributed by atoms with Crippen molar-refractivity contribution >= 4 is 11.9 Å². The second kappa shape index (κ2) is 6.82. The number of ether oxygens (including phenoxy) is 1. The maximum Gasteiger partial charge on any atom is 0.328 e. The van der Waals surface area contributed by atoms with Crippen molar-refractivity contribution in [3.8, 4) is 6.07 Å². The molecule has 1 atom stereocenters. The predicted octanol–water partition coefficient (Wildman–Crippen LogP) is 0.604. The van der Waals surface area contributed by atoms with Crippen LogP contribution in [0.15, 0.2) is 0 Å². The standard InChI is InChI=1S/C10H16N2O3/c1-7(2)9(13)12-8(5-4-6-11)10(14)15-3/h7-8H,4-5H2,1-3H3,(H,12,13)/t8-/m1/s1. The zero-order valence-electron chi connectivity index (χ0n) is 9.24. The normalized spacial score (nSPS) is 11.7. The van der Waals surface area contributed by atoms with Gasteiger partial charge < -0.3 is 10.1 Å². The minimum Gasteiger partial charge on any atom is -0.467 e. The number of nitriles is 1. The third kappa shape index (κ3) is 5.01. The molecule has 0 rings (SSSR count). The van der Waals surface area contributed by atoms with Crippen LogP contribution >= 0.6 is 0 Å². The number of amides is 1. The Morgan fingerprint density at radius 2 is 2.07 bits per heavy atom. The molecule has 0 aliphatic rings. The lowest BCUT2D eigenvalue weighted by molar-refractivity contribution is -0.145. The van der Waals surface area contributed by atoms with Crippen LogP contribution in [0.5, 0.6) is 0 Å². The monoisotopic (exact) mass is 212 g/mol. The van der Waals surface area contributed by atoms with Crippen LogP contribution in [0.4, 0.5) is 0 Å². The van der Waals surface area contributed by atoms with E-state index in [9.17, 15) is 9.59 Å². The number of nitrogens with zero attached hydrogens (tertiary/aromatic N) is 1. The second-order valence-corrected chi connectivity index (χ2v) is 3.44. The Balaban J connectivity index is 4.31. The molecular formula is C10H16N2O3. The lowest BCUT2D eigenvalue weighted by Gasteiger charge is -2.16. The Morgan fingerprint density at radius 3 is 2.47 bits per heavy atom. The summed E-state index contributed by atoms with van der Waals surface area (Å²) in [5.41, 5.74) is 0. The van der Waals surface area contributed by atoms with Gasteiger partial charge >= 0.3 is 5.97 Å². The zero-order valence-corrected chi connectivity index (χ0v) is 9.24. The first-order valence-corrected chi connectivity index (χ1v) is 4.78. The first-order valence-electron chi connectivity index (χ1n) is 4.78. The van der Waals surface area contributed by atoms with Gasteiger partial charge in [-0.2, -0.15) is 5.26 Å². The van der Waals surface area contributed by atoms with Gasteiger partial charge in [-0.15, -0.1) is 0 Å². The summed E-state index contributed by atoms with van der Waals surface area (Å²) < 4.78 is 4.53. The van der Waals surface area contributed by atoms with Gasteiger partial charge in [-0.3, -0.25) is 4.79 Å². The molecule has 5 heteroatoms. The van der Waals surface area contributed by atoms with E-state index in [1.807, 2.05) is 6.07 Å². The molecule has 0 bridgehead atoms. The first-order chi connectivity index (χ1) is 7.02. The maximum atomic E-state index is 11.3. The molecule has 0 spiro atoms. The number of carbonyl (C=O) groups is 2. The summed E-state index contributed by atoms with van der Waals surface area (Å²) in [7, 11) is 1.25. The van der Waals surface area contributed by atoms with Gasteiger partial charge in [0, 0.05) is 12.3 Å². The summed E-state index contributed by atoms with van der Waals surface area (Å²) in [6, 6.07) is 1.20. The average molecular weight is 212 g/mol. The number of rotatable bonds is 5. The molecule has 0 aliphatic heterocycles. The summed E-state index contributed by atoms with van der Waals surface area (Å²) in [6.45, 7) is 3.46. The molecule has 0 heterocycles. The highest BCUT2D eigenvalue weighted by atomic mass is 16.5. The molecule has 0 radical (unpaired) electrons. The Kier molecular flexibility index (Phi) is 6.11. The fraction of sp³-hybridized carbons (Fsp3) is 0.700. The molecule has 1 N–H and O–H groups in total. The molecule has 0 unspecified atom stereocenters. The van der Waals surface area contributed by atoms with E-state index in [0.29, 0.717) is 0 Å². The van der Waals surface area contributed by atoms with Crippen molar-refractivity contribution in [2.75, 3.05) is 7.11 Å². The predicted molar refractivity (Wildman–Crippen MR) is 53.6 cm³/mol. The first kappa shape index (κ1) is 13.4. The van der Waals surface area contributed by atoms with Crippen LogP contribution in [0.25, 0.3) is 0 Å². The Labute approximate surface area is 89.4 Å². The number of hydrogen-bond acceptors (Lipinski definition) is 4.